The Kier molecular flexibility index (Phi) is 6.50. The molecule has 0 spiro atoms. The minimum absolute atomic E-state index is 0.120. The highest BCUT2D eigenvalue weighted by atomic mass is 19.1. The maximum atomic E-state index is 13.9. The third-order valence-electron chi connectivity index (χ3n) is 5.02. The van der Waals surface area contributed by atoms with E-state index in [0.717, 1.165) is 18.4 Å². The molecule has 1 saturated carbocycles. The molecule has 2 aromatic carbocycles. The first kappa shape index (κ1) is 21.5. The maximum absolute atomic E-state index is 13.9. The van der Waals surface area contributed by atoms with Crippen LogP contribution >= 0.6 is 0 Å². The Morgan fingerprint density at radius 3 is 2.37 bits per heavy atom. The molecule has 3 amide bonds. The van der Waals surface area contributed by atoms with Crippen LogP contribution in [0.15, 0.2) is 42.5 Å². The van der Waals surface area contributed by atoms with Crippen molar-refractivity contribution in [2.24, 2.45) is 5.92 Å². The average molecular weight is 411 g/mol. The Balaban J connectivity index is 1.74. The molecule has 1 aliphatic carbocycles. The molecule has 1 aliphatic rings. The smallest absolute Gasteiger partial charge is 0.254 e. The Labute approximate surface area is 175 Å². The molecule has 0 saturated heterocycles. The Morgan fingerprint density at radius 1 is 1.03 bits per heavy atom. The van der Waals surface area contributed by atoms with Crippen molar-refractivity contribution in [3.8, 4) is 0 Å². The summed E-state index contributed by atoms with van der Waals surface area (Å²) in [6.45, 7) is 5.40. The molecule has 30 heavy (non-hydrogen) atoms. The van der Waals surface area contributed by atoms with E-state index in [1.54, 1.807) is 38.1 Å². The molecular weight excluding hydrogens is 385 g/mol. The fraction of sp³-hybridized carbons (Fsp3) is 0.348. The van der Waals surface area contributed by atoms with E-state index in [4.69, 9.17) is 0 Å². The Bertz CT molecular complexity index is 970. The predicted octanol–water partition coefficient (Wildman–Crippen LogP) is 3.42. The van der Waals surface area contributed by atoms with Crippen LogP contribution in [0, 0.1) is 18.7 Å². The molecule has 1 unspecified atom stereocenters. The first-order valence-corrected chi connectivity index (χ1v) is 10.0. The number of halogens is 1. The van der Waals surface area contributed by atoms with Gasteiger partial charge in [0.1, 0.15) is 11.9 Å². The Hall–Kier alpha value is -3.22. The van der Waals surface area contributed by atoms with Crippen molar-refractivity contribution in [1.82, 2.24) is 10.6 Å². The minimum Gasteiger partial charge on any atom is -0.349 e. The van der Waals surface area contributed by atoms with Gasteiger partial charge in [-0.25, -0.2) is 4.39 Å². The van der Waals surface area contributed by atoms with Crippen LogP contribution in [0.25, 0.3) is 0 Å². The third kappa shape index (κ3) is 5.23. The maximum Gasteiger partial charge on any atom is 0.254 e. The second kappa shape index (κ2) is 9.07. The fourth-order valence-electron chi connectivity index (χ4n) is 3.00. The van der Waals surface area contributed by atoms with Gasteiger partial charge in [0.15, 0.2) is 0 Å². The number of carbonyl (C=O) groups excluding carboxylic acids is 3. The largest absolute Gasteiger partial charge is 0.349 e. The number of anilines is 1. The standard InChI is InChI=1S/C23H26FN3O3/c1-13(2)20(27-22(29)17-6-4-5-7-18(17)24)23(30)26-19-12-15(9-8-14(19)3)21(28)25-16-10-11-16/h4-9,12-13,16,20H,10-11H2,1-3H3,(H,25,28)(H,26,30)(H,27,29). The summed E-state index contributed by atoms with van der Waals surface area (Å²) in [5.74, 6) is -2.15. The van der Waals surface area contributed by atoms with Crippen molar-refractivity contribution in [3.63, 3.8) is 0 Å². The van der Waals surface area contributed by atoms with Gasteiger partial charge in [-0.05, 0) is 55.5 Å². The number of hydrogen-bond donors (Lipinski definition) is 3. The molecule has 3 N–H and O–H groups in total. The van der Waals surface area contributed by atoms with Gasteiger partial charge in [0.25, 0.3) is 11.8 Å². The molecule has 3 rings (SSSR count). The quantitative estimate of drug-likeness (QED) is 0.652. The number of nitrogens with one attached hydrogen (secondary N) is 3. The summed E-state index contributed by atoms with van der Waals surface area (Å²) < 4.78 is 13.9. The van der Waals surface area contributed by atoms with E-state index in [1.807, 2.05) is 6.92 Å². The molecular formula is C23H26FN3O3. The lowest BCUT2D eigenvalue weighted by atomic mass is 10.0. The SMILES string of the molecule is Cc1ccc(C(=O)NC2CC2)cc1NC(=O)C(NC(=O)c1ccccc1F)C(C)C. The summed E-state index contributed by atoms with van der Waals surface area (Å²) in [7, 11) is 0. The number of benzene rings is 2. The lowest BCUT2D eigenvalue weighted by Crippen LogP contribution is -2.47. The normalized spacial score (nSPS) is 14.2. The zero-order valence-electron chi connectivity index (χ0n) is 17.3. The monoisotopic (exact) mass is 411 g/mol. The molecule has 0 radical (unpaired) electrons. The first-order chi connectivity index (χ1) is 14.3. The minimum atomic E-state index is -0.875. The molecule has 0 heterocycles. The molecule has 7 heteroatoms. The van der Waals surface area contributed by atoms with Crippen molar-refractivity contribution in [1.29, 1.82) is 0 Å². The van der Waals surface area contributed by atoms with Crippen LogP contribution in [0.2, 0.25) is 0 Å². The van der Waals surface area contributed by atoms with Crippen LogP contribution in [-0.4, -0.2) is 29.8 Å². The topological polar surface area (TPSA) is 87.3 Å². The van der Waals surface area contributed by atoms with E-state index < -0.39 is 23.7 Å². The zero-order valence-corrected chi connectivity index (χ0v) is 17.3. The van der Waals surface area contributed by atoms with Gasteiger partial charge in [0.2, 0.25) is 5.91 Å². The summed E-state index contributed by atoms with van der Waals surface area (Å²) in [5, 5.41) is 8.33. The number of amides is 3. The van der Waals surface area contributed by atoms with Gasteiger partial charge in [-0.2, -0.15) is 0 Å². The van der Waals surface area contributed by atoms with Gasteiger partial charge < -0.3 is 16.0 Å². The number of carbonyl (C=O) groups is 3. The van der Waals surface area contributed by atoms with Crippen LogP contribution in [0.5, 0.6) is 0 Å². The van der Waals surface area contributed by atoms with Crippen LogP contribution < -0.4 is 16.0 Å². The van der Waals surface area contributed by atoms with E-state index in [0.29, 0.717) is 11.3 Å². The van der Waals surface area contributed by atoms with Crippen LogP contribution in [0.3, 0.4) is 0 Å². The van der Waals surface area contributed by atoms with Crippen molar-refractivity contribution in [2.75, 3.05) is 5.32 Å². The van der Waals surface area contributed by atoms with Crippen LogP contribution in [-0.2, 0) is 4.79 Å². The van der Waals surface area contributed by atoms with E-state index >= 15 is 0 Å². The second-order valence-electron chi connectivity index (χ2n) is 7.94. The first-order valence-electron chi connectivity index (χ1n) is 10.0. The molecule has 0 aliphatic heterocycles. The summed E-state index contributed by atoms with van der Waals surface area (Å²) in [5.41, 5.74) is 1.62. The Morgan fingerprint density at radius 2 is 1.73 bits per heavy atom. The molecule has 6 nitrogen and oxygen atoms in total. The van der Waals surface area contributed by atoms with Crippen molar-refractivity contribution < 1.29 is 18.8 Å². The molecule has 0 aromatic heterocycles. The lowest BCUT2D eigenvalue weighted by Gasteiger charge is -2.22. The highest BCUT2D eigenvalue weighted by Gasteiger charge is 2.27. The highest BCUT2D eigenvalue weighted by Crippen LogP contribution is 2.22. The average Bonchev–Trinajstić information content (AvgIpc) is 3.51. The highest BCUT2D eigenvalue weighted by molar-refractivity contribution is 6.02. The van der Waals surface area contributed by atoms with Gasteiger partial charge in [-0.3, -0.25) is 14.4 Å². The number of rotatable bonds is 7. The molecule has 1 atom stereocenters. The van der Waals surface area contributed by atoms with E-state index in [2.05, 4.69) is 16.0 Å². The van der Waals surface area contributed by atoms with E-state index in [1.165, 1.54) is 18.2 Å². The third-order valence-corrected chi connectivity index (χ3v) is 5.02. The van der Waals surface area contributed by atoms with Gasteiger partial charge in [0, 0.05) is 17.3 Å². The van der Waals surface area contributed by atoms with E-state index in [9.17, 15) is 18.8 Å². The summed E-state index contributed by atoms with van der Waals surface area (Å²) in [4.78, 5) is 37.7. The summed E-state index contributed by atoms with van der Waals surface area (Å²) >= 11 is 0. The van der Waals surface area contributed by atoms with Gasteiger partial charge in [-0.1, -0.05) is 32.0 Å². The van der Waals surface area contributed by atoms with Gasteiger partial charge >= 0.3 is 0 Å². The predicted molar refractivity (Wildman–Crippen MR) is 113 cm³/mol. The lowest BCUT2D eigenvalue weighted by molar-refractivity contribution is -0.118. The number of aryl methyl sites for hydroxylation is 1. The fourth-order valence-corrected chi connectivity index (χ4v) is 3.00. The molecule has 2 aromatic rings. The molecule has 1 fully saturated rings. The van der Waals surface area contributed by atoms with Gasteiger partial charge in [-0.15, -0.1) is 0 Å². The molecule has 158 valence electrons. The van der Waals surface area contributed by atoms with E-state index in [-0.39, 0.29) is 23.4 Å². The summed E-state index contributed by atoms with van der Waals surface area (Å²) in [6.07, 6.45) is 1.97. The van der Waals surface area contributed by atoms with Crippen molar-refractivity contribution in [3.05, 3.63) is 65.0 Å². The van der Waals surface area contributed by atoms with Gasteiger partial charge in [0.05, 0.1) is 5.56 Å². The van der Waals surface area contributed by atoms with Crippen molar-refractivity contribution in [2.45, 2.75) is 45.7 Å². The second-order valence-corrected chi connectivity index (χ2v) is 7.94. The zero-order chi connectivity index (χ0) is 21.8. The molecule has 0 bridgehead atoms. The van der Waals surface area contributed by atoms with Crippen LogP contribution in [0.1, 0.15) is 53.0 Å². The van der Waals surface area contributed by atoms with Crippen molar-refractivity contribution >= 4 is 23.4 Å². The summed E-state index contributed by atoms with van der Waals surface area (Å²) in [6, 6.07) is 10.1. The van der Waals surface area contributed by atoms with Crippen LogP contribution in [0.4, 0.5) is 10.1 Å². The number of hydrogen-bond acceptors (Lipinski definition) is 3.